The number of nitro benzene ring substituents is 1. The maximum atomic E-state index is 12.0. The highest BCUT2D eigenvalue weighted by molar-refractivity contribution is 7.15. The molecule has 1 aromatic heterocycles. The van der Waals surface area contributed by atoms with Crippen LogP contribution in [0.1, 0.15) is 10.6 Å². The van der Waals surface area contributed by atoms with Gasteiger partial charge in [0.2, 0.25) is 11.0 Å². The van der Waals surface area contributed by atoms with Crippen LogP contribution in [0.3, 0.4) is 0 Å². The lowest BCUT2D eigenvalue weighted by Gasteiger charge is -2.04. The first-order valence-electron chi connectivity index (χ1n) is 8.62. The first-order valence-corrected chi connectivity index (χ1v) is 9.81. The molecule has 0 radical (unpaired) electrons. The molecule has 0 aliphatic carbocycles. The van der Waals surface area contributed by atoms with Crippen LogP contribution in [0.2, 0.25) is 5.02 Å². The number of anilines is 2. The highest BCUT2D eigenvalue weighted by Gasteiger charge is 2.12. The van der Waals surface area contributed by atoms with Gasteiger partial charge in [-0.15, -0.1) is 10.2 Å². The second-order valence-corrected chi connectivity index (χ2v) is 7.34. The Balaban J connectivity index is 1.48. The summed E-state index contributed by atoms with van der Waals surface area (Å²) in [5.74, 6) is -0.415. The average molecular weight is 460 g/mol. The third kappa shape index (κ3) is 6.55. The average Bonchev–Trinajstić information content (AvgIpc) is 3.16. The van der Waals surface area contributed by atoms with Crippen LogP contribution in [0.4, 0.5) is 21.3 Å². The molecule has 158 valence electrons. The molecule has 3 amide bonds. The number of hydrazone groups is 1. The molecule has 0 saturated heterocycles. The number of rotatable bonds is 7. The van der Waals surface area contributed by atoms with Gasteiger partial charge in [0.15, 0.2) is 0 Å². The van der Waals surface area contributed by atoms with Crippen molar-refractivity contribution in [3.8, 4) is 0 Å². The van der Waals surface area contributed by atoms with E-state index in [1.165, 1.54) is 30.5 Å². The fraction of sp³-hybridized carbons (Fsp3) is 0.0556. The molecular formula is C18H14ClN7O4S. The summed E-state index contributed by atoms with van der Waals surface area (Å²) < 4.78 is 0. The van der Waals surface area contributed by atoms with Gasteiger partial charge in [0.1, 0.15) is 5.01 Å². The lowest BCUT2D eigenvalue weighted by molar-refractivity contribution is -0.384. The van der Waals surface area contributed by atoms with Crippen LogP contribution in [0.5, 0.6) is 0 Å². The summed E-state index contributed by atoms with van der Waals surface area (Å²) in [7, 11) is 0. The predicted molar refractivity (Wildman–Crippen MR) is 117 cm³/mol. The van der Waals surface area contributed by atoms with E-state index in [2.05, 4.69) is 31.4 Å². The summed E-state index contributed by atoms with van der Waals surface area (Å²) in [6.45, 7) is 0. The van der Waals surface area contributed by atoms with Crippen LogP contribution in [0, 0.1) is 10.1 Å². The molecule has 3 aromatic rings. The Morgan fingerprint density at radius 1 is 1.13 bits per heavy atom. The summed E-state index contributed by atoms with van der Waals surface area (Å²) in [5, 5.41) is 28.2. The predicted octanol–water partition coefficient (Wildman–Crippen LogP) is 3.44. The van der Waals surface area contributed by atoms with Crippen LogP contribution < -0.4 is 16.1 Å². The SMILES string of the molecule is O=C(Cc1nnc(NC(=O)Nc2ccc([N+](=O)[O-])cc2)s1)N/N=C\c1ccccc1Cl. The highest BCUT2D eigenvalue weighted by atomic mass is 35.5. The van der Waals surface area contributed by atoms with Crippen LogP contribution in [-0.4, -0.2) is 33.3 Å². The smallest absolute Gasteiger partial charge is 0.308 e. The van der Waals surface area contributed by atoms with E-state index in [0.717, 1.165) is 11.3 Å². The number of non-ortho nitro benzene ring substituents is 1. The number of nitrogens with one attached hydrogen (secondary N) is 3. The Bertz CT molecular complexity index is 1130. The molecule has 0 unspecified atom stereocenters. The molecule has 3 rings (SSSR count). The molecule has 0 spiro atoms. The van der Waals surface area contributed by atoms with E-state index in [1.807, 2.05) is 0 Å². The van der Waals surface area contributed by atoms with Gasteiger partial charge in [0.25, 0.3) is 5.69 Å². The van der Waals surface area contributed by atoms with Gasteiger partial charge in [0.05, 0.1) is 17.6 Å². The van der Waals surface area contributed by atoms with Crippen molar-refractivity contribution in [3.63, 3.8) is 0 Å². The van der Waals surface area contributed by atoms with Crippen molar-refractivity contribution in [1.82, 2.24) is 15.6 Å². The van der Waals surface area contributed by atoms with Crippen LogP contribution >= 0.6 is 22.9 Å². The second-order valence-electron chi connectivity index (χ2n) is 5.88. The van der Waals surface area contributed by atoms with Gasteiger partial charge in [-0.25, -0.2) is 10.2 Å². The summed E-state index contributed by atoms with van der Waals surface area (Å²) in [6.07, 6.45) is 1.35. The van der Waals surface area contributed by atoms with E-state index in [0.29, 0.717) is 21.3 Å². The first-order chi connectivity index (χ1) is 14.9. The lowest BCUT2D eigenvalue weighted by Crippen LogP contribution is -2.19. The van der Waals surface area contributed by atoms with Crippen molar-refractivity contribution in [2.45, 2.75) is 6.42 Å². The van der Waals surface area contributed by atoms with Gasteiger partial charge in [-0.1, -0.05) is 41.1 Å². The molecule has 31 heavy (non-hydrogen) atoms. The maximum Gasteiger partial charge on any atom is 0.325 e. The van der Waals surface area contributed by atoms with Gasteiger partial charge in [-0.3, -0.25) is 20.2 Å². The van der Waals surface area contributed by atoms with Gasteiger partial charge in [-0.05, 0) is 18.2 Å². The number of nitro groups is 1. The Labute approximate surface area is 184 Å². The quantitative estimate of drug-likeness (QED) is 0.279. The summed E-state index contributed by atoms with van der Waals surface area (Å²) in [6, 6.07) is 11.8. The number of halogens is 1. The zero-order chi connectivity index (χ0) is 22.2. The Morgan fingerprint density at radius 3 is 2.58 bits per heavy atom. The Kier molecular flexibility index (Phi) is 7.19. The van der Waals surface area contributed by atoms with Gasteiger partial charge < -0.3 is 5.32 Å². The minimum absolute atomic E-state index is 0.0802. The van der Waals surface area contributed by atoms with Crippen LogP contribution in [0.15, 0.2) is 53.6 Å². The third-order valence-corrected chi connectivity index (χ3v) is 4.82. The number of carbonyl (C=O) groups is 2. The molecule has 0 aliphatic rings. The van der Waals surface area contributed by atoms with E-state index >= 15 is 0 Å². The number of hydrogen-bond acceptors (Lipinski definition) is 8. The molecule has 2 aromatic carbocycles. The molecular weight excluding hydrogens is 446 g/mol. The van der Waals surface area contributed by atoms with E-state index in [1.54, 1.807) is 24.3 Å². The van der Waals surface area contributed by atoms with Crippen LogP contribution in [0.25, 0.3) is 0 Å². The molecule has 3 N–H and O–H groups in total. The van der Waals surface area contributed by atoms with E-state index in [9.17, 15) is 19.7 Å². The van der Waals surface area contributed by atoms with E-state index in [-0.39, 0.29) is 17.2 Å². The summed E-state index contributed by atoms with van der Waals surface area (Å²) >= 11 is 7.02. The summed E-state index contributed by atoms with van der Waals surface area (Å²) in [4.78, 5) is 34.1. The van der Waals surface area contributed by atoms with Gasteiger partial charge in [0, 0.05) is 28.4 Å². The highest BCUT2D eigenvalue weighted by Crippen LogP contribution is 2.18. The largest absolute Gasteiger partial charge is 0.325 e. The molecule has 0 atom stereocenters. The first kappa shape index (κ1) is 21.8. The number of nitrogens with zero attached hydrogens (tertiary/aromatic N) is 4. The van der Waals surface area contributed by atoms with Crippen molar-refractivity contribution < 1.29 is 14.5 Å². The van der Waals surface area contributed by atoms with Crippen LogP contribution in [-0.2, 0) is 11.2 Å². The number of aromatic nitrogens is 2. The fourth-order valence-corrected chi connectivity index (χ4v) is 3.15. The number of amides is 3. The monoisotopic (exact) mass is 459 g/mol. The maximum absolute atomic E-state index is 12.0. The van der Waals surface area contributed by atoms with Crippen molar-refractivity contribution in [2.24, 2.45) is 5.10 Å². The topological polar surface area (TPSA) is 152 Å². The summed E-state index contributed by atoms with van der Waals surface area (Å²) in [5.41, 5.74) is 3.30. The van der Waals surface area contributed by atoms with Gasteiger partial charge in [-0.2, -0.15) is 5.10 Å². The van der Waals surface area contributed by atoms with Crippen molar-refractivity contribution in [2.75, 3.05) is 10.6 Å². The molecule has 0 fully saturated rings. The van der Waals surface area contributed by atoms with E-state index in [4.69, 9.17) is 11.6 Å². The molecule has 0 aliphatic heterocycles. The van der Waals surface area contributed by atoms with Crippen molar-refractivity contribution >= 4 is 57.6 Å². The third-order valence-electron chi connectivity index (χ3n) is 3.63. The zero-order valence-corrected chi connectivity index (χ0v) is 17.2. The standard InChI is InChI=1S/C18H14ClN7O4S/c19-14-4-2-1-3-11(14)10-20-23-15(27)9-16-24-25-18(31-16)22-17(28)21-12-5-7-13(8-6-12)26(29)30/h1-8,10H,9H2,(H,23,27)(H2,21,22,25,28)/b20-10-. The minimum atomic E-state index is -0.606. The molecule has 13 heteroatoms. The number of urea groups is 1. The molecule has 1 heterocycles. The van der Waals surface area contributed by atoms with Crippen molar-refractivity contribution in [1.29, 1.82) is 0 Å². The molecule has 0 saturated carbocycles. The molecule has 0 bridgehead atoms. The minimum Gasteiger partial charge on any atom is -0.308 e. The number of carbonyl (C=O) groups excluding carboxylic acids is 2. The van der Waals surface area contributed by atoms with Crippen molar-refractivity contribution in [3.05, 3.63) is 74.2 Å². The second kappa shape index (κ2) is 10.2. The number of benzene rings is 2. The number of hydrogen-bond donors (Lipinski definition) is 3. The lowest BCUT2D eigenvalue weighted by atomic mass is 10.2. The Morgan fingerprint density at radius 2 is 1.87 bits per heavy atom. The zero-order valence-electron chi connectivity index (χ0n) is 15.6. The van der Waals surface area contributed by atoms with E-state index < -0.39 is 16.9 Å². The normalized spacial score (nSPS) is 10.6. The van der Waals surface area contributed by atoms with Gasteiger partial charge >= 0.3 is 6.03 Å². The fourth-order valence-electron chi connectivity index (χ4n) is 2.23. The Hall–Kier alpha value is -3.90. The molecule has 11 nitrogen and oxygen atoms in total.